The first-order chi connectivity index (χ1) is 12.4. The largest absolute Gasteiger partial charge is 0.478 e. The molecule has 0 aliphatic rings. The van der Waals surface area contributed by atoms with Gasteiger partial charge in [-0.15, -0.1) is 0 Å². The first kappa shape index (κ1) is 19.6. The van der Waals surface area contributed by atoms with Gasteiger partial charge >= 0.3 is 0 Å². The van der Waals surface area contributed by atoms with Crippen LogP contribution in [-0.2, 0) is 10.0 Å². The number of ether oxygens (including phenoxy) is 1. The quantitative estimate of drug-likeness (QED) is 0.787. The Labute approximate surface area is 151 Å². The minimum atomic E-state index is -3.62. The zero-order valence-electron chi connectivity index (χ0n) is 14.0. The summed E-state index contributed by atoms with van der Waals surface area (Å²) in [6, 6.07) is 10.3. The van der Waals surface area contributed by atoms with Gasteiger partial charge in [-0.05, 0) is 30.7 Å². The normalized spacial score (nSPS) is 11.2. The molecule has 0 spiro atoms. The number of rotatable bonds is 6. The summed E-state index contributed by atoms with van der Waals surface area (Å²) in [5.74, 6) is 3.45. The van der Waals surface area contributed by atoms with Crippen molar-refractivity contribution in [2.45, 2.75) is 6.92 Å². The first-order valence-electron chi connectivity index (χ1n) is 7.64. The Hall–Kier alpha value is -2.69. The highest BCUT2D eigenvalue weighted by atomic mass is 32.2. The van der Waals surface area contributed by atoms with Crippen molar-refractivity contribution in [3.05, 3.63) is 70.6 Å². The standard InChI is InChI=1S/C19H17F2NO3S/c1-15-4-6-16(7-5-15)10-13-26(23,24)22-11-2-3-12-25-19-9-8-17(20)14-18(19)21/h4-10,13-14,22H,11-12H2,1H3/b13-10+. The smallest absolute Gasteiger partial charge is 0.234 e. The topological polar surface area (TPSA) is 55.4 Å². The molecular formula is C19H17F2NO3S. The summed E-state index contributed by atoms with van der Waals surface area (Å²) in [4.78, 5) is 0. The molecule has 2 aromatic carbocycles. The van der Waals surface area contributed by atoms with E-state index in [1.54, 1.807) is 0 Å². The molecule has 0 unspecified atom stereocenters. The van der Waals surface area contributed by atoms with Gasteiger partial charge < -0.3 is 4.74 Å². The first-order valence-corrected chi connectivity index (χ1v) is 9.18. The minimum absolute atomic E-state index is 0.115. The lowest BCUT2D eigenvalue weighted by molar-refractivity contribution is 0.346. The summed E-state index contributed by atoms with van der Waals surface area (Å²) in [5, 5.41) is 1.06. The number of benzene rings is 2. The fourth-order valence-corrected chi connectivity index (χ4v) is 2.56. The van der Waals surface area contributed by atoms with Crippen molar-refractivity contribution in [3.63, 3.8) is 0 Å². The molecule has 0 atom stereocenters. The van der Waals surface area contributed by atoms with E-state index in [-0.39, 0.29) is 18.9 Å². The number of aryl methyl sites for hydroxylation is 1. The van der Waals surface area contributed by atoms with E-state index in [2.05, 4.69) is 16.6 Å². The van der Waals surface area contributed by atoms with E-state index in [9.17, 15) is 17.2 Å². The number of hydrogen-bond donors (Lipinski definition) is 1. The molecule has 0 heterocycles. The van der Waals surface area contributed by atoms with E-state index in [4.69, 9.17) is 4.74 Å². The second-order valence-electron chi connectivity index (χ2n) is 5.30. The molecule has 26 heavy (non-hydrogen) atoms. The Morgan fingerprint density at radius 3 is 2.54 bits per heavy atom. The fraction of sp³-hybridized carbons (Fsp3) is 0.158. The van der Waals surface area contributed by atoms with Gasteiger partial charge in [-0.3, -0.25) is 0 Å². The van der Waals surface area contributed by atoms with Crippen LogP contribution >= 0.6 is 0 Å². The van der Waals surface area contributed by atoms with Crippen LogP contribution in [0.5, 0.6) is 5.75 Å². The van der Waals surface area contributed by atoms with Crippen LogP contribution in [0, 0.1) is 30.4 Å². The molecule has 1 N–H and O–H groups in total. The second-order valence-corrected chi connectivity index (χ2v) is 6.95. The van der Waals surface area contributed by atoms with Crippen molar-refractivity contribution in [1.82, 2.24) is 4.72 Å². The van der Waals surface area contributed by atoms with E-state index in [1.807, 2.05) is 31.2 Å². The molecule has 136 valence electrons. The Kier molecular flexibility index (Phi) is 6.89. The van der Waals surface area contributed by atoms with Crippen LogP contribution in [0.25, 0.3) is 6.08 Å². The van der Waals surface area contributed by atoms with Gasteiger partial charge in [0.05, 0.1) is 6.54 Å². The fourth-order valence-electron chi connectivity index (χ4n) is 1.85. The van der Waals surface area contributed by atoms with Crippen LogP contribution in [0.15, 0.2) is 47.9 Å². The Balaban J connectivity index is 1.79. The highest BCUT2D eigenvalue weighted by Gasteiger charge is 2.04. The average molecular weight is 377 g/mol. The van der Waals surface area contributed by atoms with Crippen molar-refractivity contribution in [3.8, 4) is 17.6 Å². The van der Waals surface area contributed by atoms with Crippen LogP contribution in [0.2, 0.25) is 0 Å². The molecule has 0 saturated carbocycles. The monoisotopic (exact) mass is 377 g/mol. The summed E-state index contributed by atoms with van der Waals surface area (Å²) in [6.45, 7) is 1.68. The summed E-state index contributed by atoms with van der Waals surface area (Å²) >= 11 is 0. The molecule has 0 radical (unpaired) electrons. The molecule has 2 aromatic rings. The second kappa shape index (κ2) is 9.13. The molecule has 4 nitrogen and oxygen atoms in total. The van der Waals surface area contributed by atoms with Gasteiger partial charge in [0.15, 0.2) is 11.6 Å². The van der Waals surface area contributed by atoms with Crippen LogP contribution < -0.4 is 9.46 Å². The maximum Gasteiger partial charge on any atom is 0.234 e. The highest BCUT2D eigenvalue weighted by Crippen LogP contribution is 2.17. The molecule has 0 aliphatic carbocycles. The van der Waals surface area contributed by atoms with Gasteiger partial charge in [0.1, 0.15) is 12.4 Å². The van der Waals surface area contributed by atoms with Gasteiger partial charge in [-0.2, -0.15) is 4.72 Å². The summed E-state index contributed by atoms with van der Waals surface area (Å²) in [5.41, 5.74) is 1.85. The molecule has 7 heteroatoms. The van der Waals surface area contributed by atoms with Gasteiger partial charge in [-0.25, -0.2) is 17.2 Å². The third-order valence-corrected chi connectivity index (χ3v) is 4.24. The summed E-state index contributed by atoms with van der Waals surface area (Å²) < 4.78 is 57.0. The Bertz CT molecular complexity index is 943. The maximum atomic E-state index is 13.3. The third kappa shape index (κ3) is 6.67. The summed E-state index contributed by atoms with van der Waals surface area (Å²) in [6.07, 6.45) is 1.48. The average Bonchev–Trinajstić information content (AvgIpc) is 2.59. The van der Waals surface area contributed by atoms with Crippen LogP contribution in [-0.4, -0.2) is 21.6 Å². The molecule has 0 aliphatic heterocycles. The van der Waals surface area contributed by atoms with Crippen molar-refractivity contribution in [2.75, 3.05) is 13.2 Å². The number of halogens is 2. The van der Waals surface area contributed by atoms with Gasteiger partial charge in [-0.1, -0.05) is 41.7 Å². The zero-order chi connectivity index (χ0) is 19.0. The van der Waals surface area contributed by atoms with Crippen molar-refractivity contribution < 1.29 is 21.9 Å². The number of nitrogens with one attached hydrogen (secondary N) is 1. The Morgan fingerprint density at radius 1 is 1.12 bits per heavy atom. The van der Waals surface area contributed by atoms with E-state index in [0.717, 1.165) is 28.7 Å². The van der Waals surface area contributed by atoms with E-state index >= 15 is 0 Å². The lowest BCUT2D eigenvalue weighted by Gasteiger charge is -2.02. The zero-order valence-corrected chi connectivity index (χ0v) is 14.8. The van der Waals surface area contributed by atoms with Crippen LogP contribution in [0.1, 0.15) is 11.1 Å². The van der Waals surface area contributed by atoms with Gasteiger partial charge in [0, 0.05) is 11.5 Å². The molecule has 0 saturated heterocycles. The predicted molar refractivity (Wildman–Crippen MR) is 96.8 cm³/mol. The predicted octanol–water partition coefficient (Wildman–Crippen LogP) is 3.25. The molecule has 0 bridgehead atoms. The minimum Gasteiger partial charge on any atom is -0.478 e. The maximum absolute atomic E-state index is 13.3. The van der Waals surface area contributed by atoms with E-state index < -0.39 is 21.7 Å². The van der Waals surface area contributed by atoms with E-state index in [0.29, 0.717) is 6.07 Å². The van der Waals surface area contributed by atoms with Gasteiger partial charge in [0.25, 0.3) is 0 Å². The molecular weight excluding hydrogens is 360 g/mol. The summed E-state index contributed by atoms with van der Waals surface area (Å²) in [7, 11) is -3.62. The lowest BCUT2D eigenvalue weighted by atomic mass is 10.2. The van der Waals surface area contributed by atoms with Gasteiger partial charge in [0.2, 0.25) is 10.0 Å². The third-order valence-electron chi connectivity index (χ3n) is 3.20. The SMILES string of the molecule is Cc1ccc(/C=C/S(=O)(=O)NCC#CCOc2ccc(F)cc2F)cc1. The number of sulfonamides is 1. The van der Waals surface area contributed by atoms with Crippen molar-refractivity contribution in [1.29, 1.82) is 0 Å². The van der Waals surface area contributed by atoms with E-state index in [1.165, 1.54) is 6.08 Å². The molecule has 0 aromatic heterocycles. The molecule has 2 rings (SSSR count). The van der Waals surface area contributed by atoms with Crippen molar-refractivity contribution >= 4 is 16.1 Å². The number of hydrogen-bond acceptors (Lipinski definition) is 3. The van der Waals surface area contributed by atoms with Crippen LogP contribution in [0.3, 0.4) is 0 Å². The van der Waals surface area contributed by atoms with Crippen molar-refractivity contribution in [2.24, 2.45) is 0 Å². The van der Waals surface area contributed by atoms with Crippen LogP contribution in [0.4, 0.5) is 8.78 Å². The molecule has 0 fully saturated rings. The lowest BCUT2D eigenvalue weighted by Crippen LogP contribution is -2.21. The molecule has 0 amide bonds. The Morgan fingerprint density at radius 2 is 1.85 bits per heavy atom. The highest BCUT2D eigenvalue weighted by molar-refractivity contribution is 7.92.